The lowest BCUT2D eigenvalue weighted by Gasteiger charge is -2.41. The minimum atomic E-state index is -2.26. The van der Waals surface area contributed by atoms with Gasteiger partial charge in [-0.05, 0) is 53.2 Å². The highest BCUT2D eigenvalue weighted by atomic mass is 16.7. The predicted octanol–water partition coefficient (Wildman–Crippen LogP) is 2.79. The molecule has 1 amide bonds. The first-order chi connectivity index (χ1) is 27.3. The highest BCUT2D eigenvalue weighted by Crippen LogP contribution is 2.53. The number of ether oxygens (including phenoxy) is 5. The van der Waals surface area contributed by atoms with Crippen molar-refractivity contribution in [1.82, 2.24) is 0 Å². The van der Waals surface area contributed by atoms with Crippen molar-refractivity contribution in [1.29, 1.82) is 0 Å². The summed E-state index contributed by atoms with van der Waals surface area (Å²) in [5, 5.41) is 72.5. The summed E-state index contributed by atoms with van der Waals surface area (Å²) in [6, 6.07) is 0. The van der Waals surface area contributed by atoms with E-state index >= 15 is 0 Å². The smallest absolute Gasteiger partial charge is 0.315 e. The van der Waals surface area contributed by atoms with E-state index in [0.717, 1.165) is 27.0 Å². The molecule has 7 N–H and O–H groups in total. The maximum absolute atomic E-state index is 14.0. The predicted molar refractivity (Wildman–Crippen MR) is 209 cm³/mol. The lowest BCUT2D eigenvalue weighted by atomic mass is 9.74. The van der Waals surface area contributed by atoms with Crippen LogP contribution in [0.5, 0.6) is 11.5 Å². The van der Waals surface area contributed by atoms with E-state index < -0.39 is 95.5 Å². The van der Waals surface area contributed by atoms with E-state index in [4.69, 9.17) is 23.7 Å². The van der Waals surface area contributed by atoms with Crippen LogP contribution in [0.3, 0.4) is 0 Å². The zero-order valence-electron chi connectivity index (χ0n) is 34.8. The molecule has 3 aliphatic heterocycles. The lowest BCUT2D eigenvalue weighted by Crippen LogP contribution is -2.55. The number of Topliss-reactive ketones (excluding diaryl/α,β-unsaturated/α-hetero) is 1. The van der Waals surface area contributed by atoms with Crippen LogP contribution in [0.25, 0.3) is 5.57 Å². The quantitative estimate of drug-likeness (QED) is 0.131. The maximum atomic E-state index is 14.0. The molecule has 4 bridgehead atoms. The molecular formula is C42H53NO16. The van der Waals surface area contributed by atoms with Gasteiger partial charge in [-0.3, -0.25) is 24.0 Å². The Balaban J connectivity index is 2.12. The van der Waals surface area contributed by atoms with Crippen LogP contribution in [-0.4, -0.2) is 110 Å². The molecule has 9 unspecified atom stereocenters. The number of phenols is 1. The number of nitrogens with one attached hydrogen (secondary N) is 1. The standard InChI is InChI=1S/C42H53NO16/c1-17-13-12-14-41(9,53)37(49)21(5)31(47)28(40(52)55-11)36(59-24(8)45)22(6)38(50)42(10,54)15-18(2)33-27-25-26(30(46)20(4)34(27)57-16-56-33)32(48)29(43-39(17)51)19(3)35(25)58-23(7)44/h12-15,21-22,28,31,36-38,47-50,53-54H,16H2,1-11H3,(H,43,51)/b14-12-,17-13-,18-15-. The summed E-state index contributed by atoms with van der Waals surface area (Å²) in [6.45, 7) is 12.5. The maximum Gasteiger partial charge on any atom is 0.315 e. The van der Waals surface area contributed by atoms with Crippen LogP contribution >= 0.6 is 0 Å². The summed E-state index contributed by atoms with van der Waals surface area (Å²) in [4.78, 5) is 66.1. The Morgan fingerprint density at radius 3 is 2.03 bits per heavy atom. The third-order valence-corrected chi connectivity index (χ3v) is 10.9. The number of methoxy groups -OCH3 is 1. The SMILES string of the molecule is COC(=O)C1C(O)C(C)C(O)C(C)(O)/C=C\C=C(\C)C(=O)Nc2c(C)c(OC(C)=O)c3c(c2O)C(=O)C(C)=C2OCOC(=C23)/C(C)=C\C(C)(O)C(O)C(C)C1OC(C)=O. The van der Waals surface area contributed by atoms with Crippen molar-refractivity contribution < 1.29 is 78.3 Å². The minimum absolute atomic E-state index is 0.00133. The van der Waals surface area contributed by atoms with Crippen molar-refractivity contribution in [3.63, 3.8) is 0 Å². The van der Waals surface area contributed by atoms with Crippen LogP contribution in [0.15, 0.2) is 52.5 Å². The van der Waals surface area contributed by atoms with Gasteiger partial charge in [-0.15, -0.1) is 0 Å². The van der Waals surface area contributed by atoms with Gasteiger partial charge >= 0.3 is 17.9 Å². The molecule has 5 rings (SSSR count). The first-order valence-corrected chi connectivity index (χ1v) is 18.8. The van der Waals surface area contributed by atoms with Crippen molar-refractivity contribution in [2.45, 2.75) is 105 Å². The Bertz CT molecular complexity index is 2090. The Morgan fingerprint density at radius 1 is 0.864 bits per heavy atom. The average Bonchev–Trinajstić information content (AvgIpc) is 3.16. The number of rotatable bonds is 3. The number of phenolic OH excluding ortho intramolecular Hbond substituents is 1. The van der Waals surface area contributed by atoms with Crippen molar-refractivity contribution >= 4 is 40.9 Å². The van der Waals surface area contributed by atoms with Gasteiger partial charge in [0.25, 0.3) is 5.91 Å². The summed E-state index contributed by atoms with van der Waals surface area (Å²) in [7, 11) is 1.01. The Morgan fingerprint density at radius 2 is 1.46 bits per heavy atom. The fourth-order valence-corrected chi connectivity index (χ4v) is 7.66. The molecule has 17 heteroatoms. The summed E-state index contributed by atoms with van der Waals surface area (Å²) in [5.41, 5.74) is -5.03. The molecule has 0 saturated carbocycles. The van der Waals surface area contributed by atoms with Gasteiger partial charge in [-0.1, -0.05) is 32.1 Å². The van der Waals surface area contributed by atoms with Crippen LogP contribution < -0.4 is 10.1 Å². The zero-order chi connectivity index (χ0) is 44.6. The van der Waals surface area contributed by atoms with Gasteiger partial charge in [0.1, 0.15) is 40.5 Å². The number of benzene rings is 1. The van der Waals surface area contributed by atoms with E-state index in [1.807, 2.05) is 0 Å². The van der Waals surface area contributed by atoms with Gasteiger partial charge in [0.05, 0.1) is 42.2 Å². The molecule has 9 atom stereocenters. The highest BCUT2D eigenvalue weighted by molar-refractivity contribution is 6.21. The Labute approximate surface area is 341 Å². The second-order valence-corrected chi connectivity index (χ2v) is 15.6. The number of aliphatic hydroxyl groups is 5. The number of anilines is 1. The van der Waals surface area contributed by atoms with E-state index in [1.54, 1.807) is 0 Å². The molecule has 0 spiro atoms. The largest absolute Gasteiger partial charge is 0.505 e. The van der Waals surface area contributed by atoms with Crippen LogP contribution in [0.2, 0.25) is 0 Å². The molecule has 3 heterocycles. The van der Waals surface area contributed by atoms with E-state index in [2.05, 4.69) is 5.32 Å². The van der Waals surface area contributed by atoms with Gasteiger partial charge in [-0.25, -0.2) is 0 Å². The first-order valence-electron chi connectivity index (χ1n) is 18.8. The molecule has 0 saturated heterocycles. The first kappa shape index (κ1) is 46.4. The summed E-state index contributed by atoms with van der Waals surface area (Å²) < 4.78 is 27.9. The van der Waals surface area contributed by atoms with Crippen molar-refractivity contribution in [3.8, 4) is 11.5 Å². The van der Waals surface area contributed by atoms with E-state index in [0.29, 0.717) is 0 Å². The fourth-order valence-electron chi connectivity index (χ4n) is 7.66. The number of fused-ring (bicyclic) bond motifs is 14. The molecular weight excluding hydrogens is 774 g/mol. The number of allylic oxidation sites excluding steroid dienone is 5. The van der Waals surface area contributed by atoms with Gasteiger partial charge in [-0.2, -0.15) is 0 Å². The van der Waals surface area contributed by atoms with E-state index in [-0.39, 0.29) is 61.9 Å². The second kappa shape index (κ2) is 17.5. The fraction of sp³-hybridized carbons (Fsp3) is 0.500. The topological polar surface area (TPSA) is 265 Å². The molecule has 0 radical (unpaired) electrons. The van der Waals surface area contributed by atoms with Crippen LogP contribution in [0, 0.1) is 24.7 Å². The molecule has 17 nitrogen and oxygen atoms in total. The van der Waals surface area contributed by atoms with Gasteiger partial charge in [0.2, 0.25) is 6.79 Å². The molecule has 322 valence electrons. The number of aromatic hydroxyl groups is 1. The minimum Gasteiger partial charge on any atom is -0.505 e. The number of hydrogen-bond acceptors (Lipinski definition) is 16. The monoisotopic (exact) mass is 827 g/mol. The van der Waals surface area contributed by atoms with Crippen LogP contribution in [0.4, 0.5) is 5.69 Å². The number of carbonyl (C=O) groups excluding carboxylic acids is 5. The van der Waals surface area contributed by atoms with E-state index in [9.17, 15) is 54.6 Å². The molecule has 1 aliphatic carbocycles. The zero-order valence-corrected chi connectivity index (χ0v) is 34.8. The molecule has 4 aliphatic rings. The molecule has 1 aromatic carbocycles. The molecule has 0 fully saturated rings. The number of ketones is 1. The third kappa shape index (κ3) is 8.99. The third-order valence-electron chi connectivity index (χ3n) is 10.9. The van der Waals surface area contributed by atoms with Crippen LogP contribution in [-0.2, 0) is 38.1 Å². The van der Waals surface area contributed by atoms with Crippen LogP contribution in [0.1, 0.15) is 83.8 Å². The number of carbonyl (C=O) groups is 5. The lowest BCUT2D eigenvalue weighted by molar-refractivity contribution is -0.183. The van der Waals surface area contributed by atoms with Gasteiger partial charge in [0.15, 0.2) is 11.5 Å². The number of aliphatic hydroxyl groups excluding tert-OH is 3. The Hall–Kier alpha value is -5.33. The van der Waals surface area contributed by atoms with Gasteiger partial charge in [0, 0.05) is 48.0 Å². The molecule has 1 aromatic rings. The number of esters is 3. The Kier molecular flexibility index (Phi) is 13.7. The summed E-state index contributed by atoms with van der Waals surface area (Å²) in [5.74, 6) is -9.89. The van der Waals surface area contributed by atoms with Crippen molar-refractivity contribution in [3.05, 3.63) is 69.2 Å². The average molecular weight is 828 g/mol. The highest BCUT2D eigenvalue weighted by Gasteiger charge is 2.50. The summed E-state index contributed by atoms with van der Waals surface area (Å²) >= 11 is 0. The van der Waals surface area contributed by atoms with Crippen molar-refractivity contribution in [2.24, 2.45) is 17.8 Å². The molecule has 0 aromatic heterocycles. The molecule has 59 heavy (non-hydrogen) atoms. The number of hydrogen-bond donors (Lipinski definition) is 7. The second-order valence-electron chi connectivity index (χ2n) is 15.6. The van der Waals surface area contributed by atoms with Gasteiger partial charge < -0.3 is 59.6 Å². The summed E-state index contributed by atoms with van der Waals surface area (Å²) in [6.07, 6.45) is -2.49. The normalized spacial score (nSPS) is 33.0. The van der Waals surface area contributed by atoms with Crippen molar-refractivity contribution in [2.75, 3.05) is 19.2 Å². The van der Waals surface area contributed by atoms with E-state index in [1.165, 1.54) is 73.6 Å². The number of amides is 1.